The van der Waals surface area contributed by atoms with Crippen LogP contribution in [0, 0.1) is 23.0 Å². The molecule has 0 unspecified atom stereocenters. The summed E-state index contributed by atoms with van der Waals surface area (Å²) in [7, 11) is 0. The number of benzene rings is 1. The van der Waals surface area contributed by atoms with Crippen LogP contribution in [0.4, 0.5) is 8.78 Å². The average molecular weight is 332 g/mol. The fourth-order valence-corrected chi connectivity index (χ4v) is 2.40. The van der Waals surface area contributed by atoms with Crippen LogP contribution in [0.5, 0.6) is 0 Å². The lowest BCUT2D eigenvalue weighted by Gasteiger charge is -2.12. The summed E-state index contributed by atoms with van der Waals surface area (Å²) in [5, 5.41) is 9.34. The summed E-state index contributed by atoms with van der Waals surface area (Å²) in [6, 6.07) is 6.83. The molecular formula is C16H8ClF2N3O. The number of hydrogen-bond acceptors (Lipinski definition) is 3. The molecule has 7 heteroatoms. The molecule has 0 saturated heterocycles. The number of nitriles is 1. The molecule has 114 valence electrons. The summed E-state index contributed by atoms with van der Waals surface area (Å²) in [5.74, 6) is -2.20. The lowest BCUT2D eigenvalue weighted by atomic mass is 10.1. The van der Waals surface area contributed by atoms with Gasteiger partial charge in [-0.1, -0.05) is 17.7 Å². The van der Waals surface area contributed by atoms with Crippen molar-refractivity contribution in [2.75, 3.05) is 0 Å². The number of pyridine rings is 2. The van der Waals surface area contributed by atoms with Gasteiger partial charge in [0.15, 0.2) is 11.6 Å². The van der Waals surface area contributed by atoms with Gasteiger partial charge >= 0.3 is 0 Å². The van der Waals surface area contributed by atoms with Crippen molar-refractivity contribution < 1.29 is 8.78 Å². The monoisotopic (exact) mass is 331 g/mol. The van der Waals surface area contributed by atoms with Crippen LogP contribution in [0.2, 0.25) is 5.15 Å². The number of aromatic nitrogens is 2. The third-order valence-electron chi connectivity index (χ3n) is 3.38. The van der Waals surface area contributed by atoms with Crippen molar-refractivity contribution >= 4 is 22.5 Å². The molecule has 0 fully saturated rings. The van der Waals surface area contributed by atoms with Crippen LogP contribution in [-0.4, -0.2) is 9.55 Å². The van der Waals surface area contributed by atoms with Crippen molar-refractivity contribution in [1.29, 1.82) is 5.26 Å². The topological polar surface area (TPSA) is 58.7 Å². The molecule has 0 amide bonds. The van der Waals surface area contributed by atoms with Crippen LogP contribution in [-0.2, 0) is 6.54 Å². The number of hydrogen-bond donors (Lipinski definition) is 0. The van der Waals surface area contributed by atoms with Crippen molar-refractivity contribution in [3.05, 3.63) is 74.8 Å². The van der Waals surface area contributed by atoms with Crippen LogP contribution in [0.15, 0.2) is 41.5 Å². The summed E-state index contributed by atoms with van der Waals surface area (Å²) >= 11 is 5.72. The maximum Gasteiger partial charge on any atom is 0.207 e. The van der Waals surface area contributed by atoms with Gasteiger partial charge in [-0.15, -0.1) is 0 Å². The molecule has 3 rings (SSSR count). The van der Waals surface area contributed by atoms with Crippen molar-refractivity contribution in [3.8, 4) is 6.07 Å². The maximum absolute atomic E-state index is 13.5. The Bertz CT molecular complexity index is 1010. The summed E-state index contributed by atoms with van der Waals surface area (Å²) in [5.41, 5.74) is 0.146. The van der Waals surface area contributed by atoms with Gasteiger partial charge in [-0.25, -0.2) is 13.8 Å². The van der Waals surface area contributed by atoms with Gasteiger partial charge in [0.05, 0.1) is 10.9 Å². The first-order valence-corrected chi connectivity index (χ1v) is 6.90. The zero-order chi connectivity index (χ0) is 16.6. The van der Waals surface area contributed by atoms with Crippen molar-refractivity contribution in [2.45, 2.75) is 6.54 Å². The van der Waals surface area contributed by atoms with E-state index >= 15 is 0 Å². The zero-order valence-corrected chi connectivity index (χ0v) is 12.3. The first kappa shape index (κ1) is 15.1. The lowest BCUT2D eigenvalue weighted by Crippen LogP contribution is -2.14. The number of halogens is 3. The van der Waals surface area contributed by atoms with Gasteiger partial charge in [0.2, 0.25) is 5.43 Å². The Labute approximate surface area is 134 Å². The van der Waals surface area contributed by atoms with Crippen LogP contribution >= 0.6 is 11.6 Å². The molecule has 1 aromatic carbocycles. The molecule has 2 heterocycles. The summed E-state index contributed by atoms with van der Waals surface area (Å²) in [4.78, 5) is 16.1. The smallest absolute Gasteiger partial charge is 0.207 e. The van der Waals surface area contributed by atoms with Crippen molar-refractivity contribution in [1.82, 2.24) is 9.55 Å². The van der Waals surface area contributed by atoms with Crippen LogP contribution in [0.1, 0.15) is 11.1 Å². The van der Waals surface area contributed by atoms with E-state index < -0.39 is 17.1 Å². The molecule has 3 aromatic rings. The quantitative estimate of drug-likeness (QED) is 0.677. The molecule has 0 saturated carbocycles. The number of nitrogens with zero attached hydrogens (tertiary/aromatic N) is 3. The highest BCUT2D eigenvalue weighted by atomic mass is 35.5. The van der Waals surface area contributed by atoms with Crippen molar-refractivity contribution in [3.63, 3.8) is 0 Å². The molecular weight excluding hydrogens is 324 g/mol. The standard InChI is InChI=1S/C16H8ClF2N3O/c17-15-2-1-9(6-21-15)7-22-8-10(5-20)16(23)11-3-12(18)13(19)4-14(11)22/h1-4,6,8H,7H2. The fourth-order valence-electron chi connectivity index (χ4n) is 2.29. The minimum absolute atomic E-state index is 0.0510. The highest BCUT2D eigenvalue weighted by molar-refractivity contribution is 6.29. The molecule has 0 N–H and O–H groups in total. The van der Waals surface area contributed by atoms with E-state index in [0.29, 0.717) is 5.15 Å². The molecule has 0 atom stereocenters. The minimum Gasteiger partial charge on any atom is -0.341 e. The van der Waals surface area contributed by atoms with E-state index in [4.69, 9.17) is 16.9 Å². The fraction of sp³-hybridized carbons (Fsp3) is 0.0625. The Balaban J connectivity index is 2.25. The number of rotatable bonds is 2. The molecule has 0 aliphatic carbocycles. The van der Waals surface area contributed by atoms with Gasteiger partial charge in [0, 0.05) is 25.0 Å². The first-order valence-electron chi connectivity index (χ1n) is 6.52. The van der Waals surface area contributed by atoms with E-state index in [1.807, 2.05) is 0 Å². The predicted octanol–water partition coefficient (Wildman–Crippen LogP) is 3.25. The Morgan fingerprint density at radius 2 is 2.00 bits per heavy atom. The molecule has 4 nitrogen and oxygen atoms in total. The second-order valence-electron chi connectivity index (χ2n) is 4.88. The van der Waals surface area contributed by atoms with E-state index in [0.717, 1.165) is 17.7 Å². The minimum atomic E-state index is -1.13. The van der Waals surface area contributed by atoms with Gasteiger partial charge in [-0.05, 0) is 17.7 Å². The highest BCUT2D eigenvalue weighted by Gasteiger charge is 2.13. The number of fused-ring (bicyclic) bond motifs is 1. The first-order chi connectivity index (χ1) is 11.0. The van der Waals surface area contributed by atoms with Crippen LogP contribution in [0.25, 0.3) is 10.9 Å². The predicted molar refractivity (Wildman–Crippen MR) is 81.2 cm³/mol. The van der Waals surface area contributed by atoms with Gasteiger partial charge < -0.3 is 4.57 Å². The average Bonchev–Trinajstić information content (AvgIpc) is 2.54. The summed E-state index contributed by atoms with van der Waals surface area (Å²) < 4.78 is 28.5. The SMILES string of the molecule is N#Cc1cn(Cc2ccc(Cl)nc2)c2cc(F)c(F)cc2c1=O. The summed E-state index contributed by atoms with van der Waals surface area (Å²) in [6.45, 7) is 0.223. The molecule has 0 bridgehead atoms. The molecule has 0 spiro atoms. The van der Waals surface area contributed by atoms with E-state index in [9.17, 15) is 13.6 Å². The van der Waals surface area contributed by atoms with Crippen LogP contribution in [0.3, 0.4) is 0 Å². The normalized spacial score (nSPS) is 10.7. The Morgan fingerprint density at radius 3 is 2.65 bits per heavy atom. The van der Waals surface area contributed by atoms with Gasteiger partial charge in [0.25, 0.3) is 0 Å². The second kappa shape index (κ2) is 5.78. The van der Waals surface area contributed by atoms with E-state index in [1.165, 1.54) is 17.0 Å². The molecule has 0 radical (unpaired) electrons. The summed E-state index contributed by atoms with van der Waals surface area (Å²) in [6.07, 6.45) is 2.84. The van der Waals surface area contributed by atoms with Crippen LogP contribution < -0.4 is 5.43 Å². The molecule has 0 aliphatic heterocycles. The maximum atomic E-state index is 13.5. The van der Waals surface area contributed by atoms with E-state index in [1.54, 1.807) is 18.2 Å². The third-order valence-corrected chi connectivity index (χ3v) is 3.61. The molecule has 0 aliphatic rings. The lowest BCUT2D eigenvalue weighted by molar-refractivity contribution is 0.510. The Hall–Kier alpha value is -2.78. The van der Waals surface area contributed by atoms with Crippen molar-refractivity contribution in [2.24, 2.45) is 0 Å². The Morgan fingerprint density at radius 1 is 1.26 bits per heavy atom. The van der Waals surface area contributed by atoms with Gasteiger partial charge in [-0.3, -0.25) is 4.79 Å². The molecule has 23 heavy (non-hydrogen) atoms. The zero-order valence-electron chi connectivity index (χ0n) is 11.6. The van der Waals surface area contributed by atoms with E-state index in [-0.39, 0.29) is 23.0 Å². The Kier molecular flexibility index (Phi) is 3.80. The third kappa shape index (κ3) is 2.79. The van der Waals surface area contributed by atoms with E-state index in [2.05, 4.69) is 4.98 Å². The molecule has 2 aromatic heterocycles. The largest absolute Gasteiger partial charge is 0.341 e. The van der Waals surface area contributed by atoms with Gasteiger partial charge in [0.1, 0.15) is 16.8 Å². The highest BCUT2D eigenvalue weighted by Crippen LogP contribution is 2.18. The van der Waals surface area contributed by atoms with Gasteiger partial charge in [-0.2, -0.15) is 5.26 Å². The second-order valence-corrected chi connectivity index (χ2v) is 5.27.